The van der Waals surface area contributed by atoms with E-state index in [9.17, 15) is 9.59 Å². The van der Waals surface area contributed by atoms with Crippen LogP contribution in [-0.4, -0.2) is 36.4 Å². The number of anilines is 2. The highest BCUT2D eigenvalue weighted by molar-refractivity contribution is 7.18. The maximum Gasteiger partial charge on any atom is 0.265 e. The van der Waals surface area contributed by atoms with Gasteiger partial charge in [0.25, 0.3) is 5.91 Å². The summed E-state index contributed by atoms with van der Waals surface area (Å²) in [5.74, 6) is -0.448. The predicted octanol–water partition coefficient (Wildman–Crippen LogP) is 0.411. The molecule has 0 spiro atoms. The Morgan fingerprint density at radius 3 is 2.68 bits per heavy atom. The molecule has 7 nitrogen and oxygen atoms in total. The molecule has 1 aromatic heterocycles. The Bertz CT molecular complexity index is 460. The summed E-state index contributed by atoms with van der Waals surface area (Å²) in [5, 5.41) is 8.68. The van der Waals surface area contributed by atoms with Crippen molar-refractivity contribution in [3.8, 4) is 0 Å². The molecular formula is C11H19N5O2S. The number of carbonyl (C=O) groups is 2. The summed E-state index contributed by atoms with van der Waals surface area (Å²) in [6.45, 7) is 4.17. The smallest absolute Gasteiger partial charge is 0.265 e. The number of aromatic nitrogens is 1. The van der Waals surface area contributed by atoms with Crippen molar-refractivity contribution >= 4 is 34.1 Å². The Morgan fingerprint density at radius 2 is 2.16 bits per heavy atom. The van der Waals surface area contributed by atoms with Gasteiger partial charge < -0.3 is 21.7 Å². The number of nitrogen functional groups attached to an aromatic ring is 1. The van der Waals surface area contributed by atoms with Gasteiger partial charge in [-0.15, -0.1) is 0 Å². The maximum absolute atomic E-state index is 12.0. The van der Waals surface area contributed by atoms with E-state index in [1.54, 1.807) is 14.0 Å². The van der Waals surface area contributed by atoms with Crippen molar-refractivity contribution in [3.63, 3.8) is 0 Å². The van der Waals surface area contributed by atoms with Gasteiger partial charge in [-0.05, 0) is 13.3 Å². The number of nitrogens with zero attached hydrogens (tertiary/aromatic N) is 1. The van der Waals surface area contributed by atoms with Gasteiger partial charge in [-0.1, -0.05) is 18.3 Å². The van der Waals surface area contributed by atoms with Crippen LogP contribution < -0.4 is 21.7 Å². The minimum absolute atomic E-state index is 0.160. The highest BCUT2D eigenvalue weighted by Gasteiger charge is 2.20. The average Bonchev–Trinajstić information content (AvgIpc) is 2.77. The number of rotatable bonds is 6. The van der Waals surface area contributed by atoms with Gasteiger partial charge in [-0.2, -0.15) is 0 Å². The summed E-state index contributed by atoms with van der Waals surface area (Å²) in [7, 11) is 1.70. The molecule has 0 fully saturated rings. The summed E-state index contributed by atoms with van der Waals surface area (Å²) in [4.78, 5) is 27.9. The van der Waals surface area contributed by atoms with Gasteiger partial charge in [-0.25, -0.2) is 4.98 Å². The van der Waals surface area contributed by atoms with Gasteiger partial charge >= 0.3 is 0 Å². The van der Waals surface area contributed by atoms with E-state index in [4.69, 9.17) is 5.73 Å². The first-order valence-corrected chi connectivity index (χ1v) is 6.83. The number of hydrogen-bond acceptors (Lipinski definition) is 6. The fourth-order valence-electron chi connectivity index (χ4n) is 1.33. The molecule has 0 radical (unpaired) electrons. The van der Waals surface area contributed by atoms with Crippen LogP contribution in [0, 0.1) is 0 Å². The highest BCUT2D eigenvalue weighted by Crippen LogP contribution is 2.24. The normalized spacial score (nSPS) is 11.7. The molecule has 0 aromatic carbocycles. The predicted molar refractivity (Wildman–Crippen MR) is 76.3 cm³/mol. The largest absolute Gasteiger partial charge is 0.382 e. The van der Waals surface area contributed by atoms with Crippen LogP contribution in [0.2, 0.25) is 0 Å². The zero-order chi connectivity index (χ0) is 14.4. The average molecular weight is 285 g/mol. The summed E-state index contributed by atoms with van der Waals surface area (Å²) in [5.41, 5.74) is 5.65. The SMILES string of the molecule is CCCNC(=O)C(C)NC(=O)c1sc(NC)nc1N. The van der Waals surface area contributed by atoms with Crippen molar-refractivity contribution in [2.75, 3.05) is 24.6 Å². The van der Waals surface area contributed by atoms with Gasteiger partial charge in [0, 0.05) is 13.6 Å². The van der Waals surface area contributed by atoms with Gasteiger partial charge in [0.05, 0.1) is 0 Å². The fourth-order valence-corrected chi connectivity index (χ4v) is 2.07. The number of amides is 2. The van der Waals surface area contributed by atoms with Crippen molar-refractivity contribution < 1.29 is 9.59 Å². The van der Waals surface area contributed by atoms with E-state index < -0.39 is 11.9 Å². The first-order valence-electron chi connectivity index (χ1n) is 6.02. The van der Waals surface area contributed by atoms with Crippen LogP contribution in [-0.2, 0) is 4.79 Å². The summed E-state index contributed by atoms with van der Waals surface area (Å²) in [6, 6.07) is -0.612. The van der Waals surface area contributed by atoms with Crippen LogP contribution in [0.25, 0.3) is 0 Å². The molecule has 2 amide bonds. The van der Waals surface area contributed by atoms with Crippen molar-refractivity contribution in [2.45, 2.75) is 26.3 Å². The van der Waals surface area contributed by atoms with Crippen molar-refractivity contribution in [3.05, 3.63) is 4.88 Å². The summed E-state index contributed by atoms with van der Waals surface area (Å²) in [6.07, 6.45) is 0.847. The first-order chi connectivity index (χ1) is 8.99. The van der Waals surface area contributed by atoms with Crippen molar-refractivity contribution in [2.24, 2.45) is 0 Å². The van der Waals surface area contributed by atoms with Crippen LogP contribution >= 0.6 is 11.3 Å². The second kappa shape index (κ2) is 6.93. The van der Waals surface area contributed by atoms with Crippen molar-refractivity contribution in [1.29, 1.82) is 0 Å². The molecule has 0 saturated heterocycles. The minimum Gasteiger partial charge on any atom is -0.382 e. The third-order valence-corrected chi connectivity index (χ3v) is 3.45. The van der Waals surface area contributed by atoms with Crippen LogP contribution in [0.5, 0.6) is 0 Å². The van der Waals surface area contributed by atoms with Crippen LogP contribution in [0.3, 0.4) is 0 Å². The lowest BCUT2D eigenvalue weighted by molar-refractivity contribution is -0.122. The van der Waals surface area contributed by atoms with E-state index in [2.05, 4.69) is 20.9 Å². The molecule has 5 N–H and O–H groups in total. The number of thiazole rings is 1. The van der Waals surface area contributed by atoms with Gasteiger partial charge in [-0.3, -0.25) is 9.59 Å². The standard InChI is InChI=1S/C11H19N5O2S/c1-4-5-14-9(17)6(2)15-10(18)7-8(12)16-11(13-3)19-7/h6H,4-5,12H2,1-3H3,(H,13,16)(H,14,17)(H,15,18). The molecule has 19 heavy (non-hydrogen) atoms. The third kappa shape index (κ3) is 4.09. The number of hydrogen-bond donors (Lipinski definition) is 4. The molecule has 1 unspecified atom stereocenters. The topological polar surface area (TPSA) is 109 Å². The van der Waals surface area contributed by atoms with E-state index in [0.29, 0.717) is 16.6 Å². The lowest BCUT2D eigenvalue weighted by Gasteiger charge is -2.13. The molecule has 0 aliphatic heterocycles. The second-order valence-corrected chi connectivity index (χ2v) is 4.97. The monoisotopic (exact) mass is 285 g/mol. The lowest BCUT2D eigenvalue weighted by Crippen LogP contribution is -2.44. The molecule has 0 saturated carbocycles. The quantitative estimate of drug-likeness (QED) is 0.605. The number of nitrogens with one attached hydrogen (secondary N) is 3. The zero-order valence-electron chi connectivity index (χ0n) is 11.2. The molecular weight excluding hydrogens is 266 g/mol. The minimum atomic E-state index is -0.612. The highest BCUT2D eigenvalue weighted by atomic mass is 32.1. The Morgan fingerprint density at radius 1 is 1.47 bits per heavy atom. The maximum atomic E-state index is 12.0. The molecule has 1 rings (SSSR count). The van der Waals surface area contributed by atoms with E-state index in [1.165, 1.54) is 0 Å². The molecule has 1 heterocycles. The first kappa shape index (κ1) is 15.2. The molecule has 8 heteroatoms. The van der Waals surface area contributed by atoms with Gasteiger partial charge in [0.1, 0.15) is 16.7 Å². The summed E-state index contributed by atoms with van der Waals surface area (Å²) < 4.78 is 0. The Kier molecular flexibility index (Phi) is 5.56. The number of nitrogens with two attached hydrogens (primary N) is 1. The molecule has 1 atom stereocenters. The second-order valence-electron chi connectivity index (χ2n) is 3.97. The summed E-state index contributed by atoms with van der Waals surface area (Å²) >= 11 is 1.15. The molecule has 1 aromatic rings. The van der Waals surface area contributed by atoms with Crippen LogP contribution in [0.15, 0.2) is 0 Å². The lowest BCUT2D eigenvalue weighted by atomic mass is 10.3. The van der Waals surface area contributed by atoms with E-state index in [-0.39, 0.29) is 11.7 Å². The van der Waals surface area contributed by atoms with E-state index >= 15 is 0 Å². The van der Waals surface area contributed by atoms with E-state index in [1.807, 2.05) is 6.92 Å². The Balaban J connectivity index is 2.63. The zero-order valence-corrected chi connectivity index (χ0v) is 12.1. The van der Waals surface area contributed by atoms with Crippen molar-refractivity contribution in [1.82, 2.24) is 15.6 Å². The third-order valence-electron chi connectivity index (χ3n) is 2.36. The Hall–Kier alpha value is -1.83. The van der Waals surface area contributed by atoms with Gasteiger partial charge in [0.15, 0.2) is 5.13 Å². The van der Waals surface area contributed by atoms with Gasteiger partial charge in [0.2, 0.25) is 5.91 Å². The number of carbonyl (C=O) groups excluding carboxylic acids is 2. The molecule has 0 aliphatic carbocycles. The van der Waals surface area contributed by atoms with E-state index in [0.717, 1.165) is 17.8 Å². The fraction of sp³-hybridized carbons (Fsp3) is 0.545. The van der Waals surface area contributed by atoms with Crippen LogP contribution in [0.1, 0.15) is 29.9 Å². The molecule has 0 aliphatic rings. The van der Waals surface area contributed by atoms with Crippen LogP contribution in [0.4, 0.5) is 10.9 Å². The Labute approximate surface area is 116 Å². The molecule has 106 valence electrons. The molecule has 0 bridgehead atoms.